The number of alkyl halides is 3. The number of rotatable bonds is 3. The zero-order chi connectivity index (χ0) is 18.9. The second-order valence-electron chi connectivity index (χ2n) is 7.03. The summed E-state index contributed by atoms with van der Waals surface area (Å²) in [5.41, 5.74) is 2.83. The van der Waals surface area contributed by atoms with E-state index < -0.39 is 11.9 Å². The summed E-state index contributed by atoms with van der Waals surface area (Å²) in [6.45, 7) is 0. The smallest absolute Gasteiger partial charge is 0.334 e. The number of nitrogens with one attached hydrogen (secondary N) is 1. The van der Waals surface area contributed by atoms with Crippen molar-refractivity contribution in [2.24, 2.45) is 0 Å². The molecule has 1 saturated carbocycles. The summed E-state index contributed by atoms with van der Waals surface area (Å²) >= 11 is 0. The van der Waals surface area contributed by atoms with E-state index in [1.165, 1.54) is 37.7 Å². The summed E-state index contributed by atoms with van der Waals surface area (Å²) in [6, 6.07) is 12.0. The van der Waals surface area contributed by atoms with Gasteiger partial charge in [-0.1, -0.05) is 43.5 Å². The van der Waals surface area contributed by atoms with Gasteiger partial charge >= 0.3 is 6.18 Å². The summed E-state index contributed by atoms with van der Waals surface area (Å²) in [4.78, 5) is 10.5. The van der Waals surface area contributed by atoms with Gasteiger partial charge in [-0.05, 0) is 36.5 Å². The first-order chi connectivity index (χ1) is 13.0. The average molecular weight is 371 g/mol. The molecule has 0 spiro atoms. The lowest BCUT2D eigenvalue weighted by Crippen LogP contribution is -2.04. The number of hydrogen-bond acceptors (Lipinski definition) is 2. The van der Waals surface area contributed by atoms with Gasteiger partial charge in [0.2, 0.25) is 0 Å². The zero-order valence-corrected chi connectivity index (χ0v) is 14.8. The van der Waals surface area contributed by atoms with Crippen LogP contribution in [0.5, 0.6) is 0 Å². The molecule has 1 aromatic carbocycles. The molecule has 1 fully saturated rings. The third kappa shape index (κ3) is 3.89. The molecule has 2 aromatic heterocycles. The molecule has 3 aromatic rings. The van der Waals surface area contributed by atoms with Gasteiger partial charge in [0.25, 0.3) is 0 Å². The van der Waals surface area contributed by atoms with E-state index >= 15 is 0 Å². The Morgan fingerprint density at radius 3 is 2.11 bits per heavy atom. The number of aromatic amines is 1. The molecule has 0 radical (unpaired) electrons. The average Bonchev–Trinajstić information content (AvgIpc) is 3.20. The summed E-state index contributed by atoms with van der Waals surface area (Å²) in [5.74, 6) is 0.818. The van der Waals surface area contributed by atoms with Gasteiger partial charge < -0.3 is 4.98 Å². The standard InChI is InChI=1S/C21H20F3N3/c22-21(23,24)19-13-26-20(27-19)17-10-11-18(25-12-17)16-8-6-15(7-9-16)14-4-2-1-3-5-14/h6-14H,1-5H2,(H,26,27). The fraction of sp³-hybridized carbons (Fsp3) is 0.333. The number of nitrogens with zero attached hydrogens (tertiary/aromatic N) is 2. The van der Waals surface area contributed by atoms with Crippen LogP contribution in [0.4, 0.5) is 13.2 Å². The maximum absolute atomic E-state index is 12.7. The van der Waals surface area contributed by atoms with Crippen molar-refractivity contribution in [2.45, 2.75) is 44.2 Å². The van der Waals surface area contributed by atoms with Crippen molar-refractivity contribution in [3.63, 3.8) is 0 Å². The first-order valence-corrected chi connectivity index (χ1v) is 9.20. The first-order valence-electron chi connectivity index (χ1n) is 9.20. The lowest BCUT2D eigenvalue weighted by molar-refractivity contribution is -0.140. The van der Waals surface area contributed by atoms with Crippen LogP contribution < -0.4 is 0 Å². The minimum Gasteiger partial charge on any atom is -0.334 e. The quantitative estimate of drug-likeness (QED) is 0.595. The minimum atomic E-state index is -4.43. The van der Waals surface area contributed by atoms with Gasteiger partial charge in [-0.25, -0.2) is 4.98 Å². The van der Waals surface area contributed by atoms with E-state index in [4.69, 9.17) is 0 Å². The first kappa shape index (κ1) is 17.8. The molecule has 0 amide bonds. The maximum Gasteiger partial charge on any atom is 0.432 e. The highest BCUT2D eigenvalue weighted by molar-refractivity contribution is 5.63. The van der Waals surface area contributed by atoms with Crippen molar-refractivity contribution in [3.05, 3.63) is 60.0 Å². The molecule has 2 heterocycles. The molecule has 1 aliphatic rings. The van der Waals surface area contributed by atoms with Crippen LogP contribution in [-0.4, -0.2) is 15.0 Å². The van der Waals surface area contributed by atoms with E-state index in [-0.39, 0.29) is 5.82 Å². The highest BCUT2D eigenvalue weighted by atomic mass is 19.4. The Morgan fingerprint density at radius 2 is 1.52 bits per heavy atom. The van der Waals surface area contributed by atoms with E-state index in [0.717, 1.165) is 17.5 Å². The van der Waals surface area contributed by atoms with Gasteiger partial charge in [0.1, 0.15) is 11.5 Å². The van der Waals surface area contributed by atoms with Crippen LogP contribution in [-0.2, 0) is 6.18 Å². The number of pyridine rings is 1. The van der Waals surface area contributed by atoms with Crippen LogP contribution >= 0.6 is 0 Å². The van der Waals surface area contributed by atoms with Crippen LogP contribution in [0.2, 0.25) is 0 Å². The molecule has 3 nitrogen and oxygen atoms in total. The number of halogens is 3. The van der Waals surface area contributed by atoms with Crippen molar-refractivity contribution >= 4 is 0 Å². The fourth-order valence-corrected chi connectivity index (χ4v) is 3.68. The molecule has 140 valence electrons. The highest BCUT2D eigenvalue weighted by Crippen LogP contribution is 2.33. The van der Waals surface area contributed by atoms with E-state index in [2.05, 4.69) is 39.2 Å². The van der Waals surface area contributed by atoms with Gasteiger partial charge in [-0.3, -0.25) is 4.98 Å². The lowest BCUT2D eigenvalue weighted by Gasteiger charge is -2.22. The molecule has 1 N–H and O–H groups in total. The highest BCUT2D eigenvalue weighted by Gasteiger charge is 2.33. The van der Waals surface area contributed by atoms with E-state index in [1.54, 1.807) is 18.3 Å². The Hall–Kier alpha value is -2.63. The van der Waals surface area contributed by atoms with Gasteiger partial charge in [0.15, 0.2) is 0 Å². The van der Waals surface area contributed by atoms with Crippen molar-refractivity contribution in [1.82, 2.24) is 15.0 Å². The number of aromatic nitrogens is 3. The molecule has 27 heavy (non-hydrogen) atoms. The molecule has 1 aliphatic carbocycles. The van der Waals surface area contributed by atoms with Gasteiger partial charge in [-0.15, -0.1) is 0 Å². The Kier molecular flexibility index (Phi) is 4.72. The summed E-state index contributed by atoms with van der Waals surface area (Å²) in [5, 5.41) is 0. The molecule has 6 heteroatoms. The normalized spacial score (nSPS) is 15.8. The van der Waals surface area contributed by atoms with Crippen molar-refractivity contribution in [2.75, 3.05) is 0 Å². The predicted octanol–water partition coefficient (Wildman–Crippen LogP) is 6.21. The van der Waals surface area contributed by atoms with Crippen LogP contribution in [0.25, 0.3) is 22.6 Å². The number of H-pyrrole nitrogens is 1. The van der Waals surface area contributed by atoms with E-state index in [0.29, 0.717) is 11.5 Å². The summed E-state index contributed by atoms with van der Waals surface area (Å²) in [6.07, 6.45) is 4.38. The van der Waals surface area contributed by atoms with E-state index in [9.17, 15) is 13.2 Å². The van der Waals surface area contributed by atoms with Gasteiger partial charge in [-0.2, -0.15) is 13.2 Å². The molecular formula is C21H20F3N3. The molecule has 0 unspecified atom stereocenters. The van der Waals surface area contributed by atoms with Crippen LogP contribution in [0.1, 0.15) is 49.3 Å². The van der Waals surface area contributed by atoms with Crippen LogP contribution in [0, 0.1) is 0 Å². The third-order valence-electron chi connectivity index (χ3n) is 5.20. The Morgan fingerprint density at radius 1 is 0.815 bits per heavy atom. The Bertz CT molecular complexity index is 890. The van der Waals surface area contributed by atoms with Crippen molar-refractivity contribution < 1.29 is 13.2 Å². The molecule has 0 aliphatic heterocycles. The van der Waals surface area contributed by atoms with Crippen LogP contribution in [0.15, 0.2) is 48.8 Å². The third-order valence-corrected chi connectivity index (χ3v) is 5.20. The predicted molar refractivity (Wildman–Crippen MR) is 98.1 cm³/mol. The van der Waals surface area contributed by atoms with Gasteiger partial charge in [0, 0.05) is 17.3 Å². The monoisotopic (exact) mass is 371 g/mol. The maximum atomic E-state index is 12.7. The minimum absolute atomic E-state index is 0.161. The van der Waals surface area contributed by atoms with Crippen molar-refractivity contribution in [1.29, 1.82) is 0 Å². The number of benzene rings is 1. The molecule has 0 saturated heterocycles. The Labute approximate surface area is 155 Å². The second-order valence-corrected chi connectivity index (χ2v) is 7.03. The zero-order valence-electron chi connectivity index (χ0n) is 14.8. The number of imidazole rings is 1. The lowest BCUT2D eigenvalue weighted by atomic mass is 9.84. The van der Waals surface area contributed by atoms with Gasteiger partial charge in [0.05, 0.1) is 11.9 Å². The Balaban J connectivity index is 1.51. The SMILES string of the molecule is FC(F)(F)c1cnc(-c2ccc(-c3ccc(C4CCCCC4)cc3)nc2)[nH]1. The molecule has 0 atom stereocenters. The second kappa shape index (κ2) is 7.18. The molecule has 4 rings (SSSR count). The van der Waals surface area contributed by atoms with Crippen LogP contribution in [0.3, 0.4) is 0 Å². The molecule has 0 bridgehead atoms. The summed E-state index contributed by atoms with van der Waals surface area (Å²) in [7, 11) is 0. The number of hydrogen-bond donors (Lipinski definition) is 1. The summed E-state index contributed by atoms with van der Waals surface area (Å²) < 4.78 is 38.0. The topological polar surface area (TPSA) is 41.6 Å². The fourth-order valence-electron chi connectivity index (χ4n) is 3.68. The largest absolute Gasteiger partial charge is 0.432 e. The molecular weight excluding hydrogens is 351 g/mol. The van der Waals surface area contributed by atoms with E-state index in [1.807, 2.05) is 0 Å². The van der Waals surface area contributed by atoms with Crippen molar-refractivity contribution in [3.8, 4) is 22.6 Å².